The summed E-state index contributed by atoms with van der Waals surface area (Å²) in [6.45, 7) is 2.55. The molecule has 3 unspecified atom stereocenters. The normalized spacial score (nSPS) is 42.4. The topological polar surface area (TPSA) is 38.0 Å². The van der Waals surface area contributed by atoms with Gasteiger partial charge in [0.05, 0.1) is 0 Å². The van der Waals surface area contributed by atoms with Crippen molar-refractivity contribution in [1.29, 1.82) is 0 Å². The molecular weight excluding hydrogens is 276 g/mol. The number of rotatable bonds is 5. The van der Waals surface area contributed by atoms with Crippen molar-refractivity contribution in [2.75, 3.05) is 0 Å². The predicted molar refractivity (Wildman–Crippen MR) is 89.0 cm³/mol. The third-order valence-corrected chi connectivity index (χ3v) is 7.53. The number of thiophene rings is 1. The van der Waals surface area contributed by atoms with Crippen LogP contribution in [0.1, 0.15) is 56.7 Å². The SMILES string of the molecule is CC12CC3CC(C1)CC(C(CCc1cccs1)NN)(C3)C2. The fraction of sp³-hybridized carbons (Fsp3) is 0.778. The molecule has 0 aromatic carbocycles. The van der Waals surface area contributed by atoms with Gasteiger partial charge in [-0.2, -0.15) is 0 Å². The van der Waals surface area contributed by atoms with Crippen molar-refractivity contribution in [2.24, 2.45) is 28.5 Å². The van der Waals surface area contributed by atoms with Gasteiger partial charge < -0.3 is 0 Å². The Bertz CT molecular complexity index is 481. The van der Waals surface area contributed by atoms with Crippen molar-refractivity contribution >= 4 is 11.3 Å². The molecule has 4 bridgehead atoms. The van der Waals surface area contributed by atoms with Crippen LogP contribution in [0.15, 0.2) is 17.5 Å². The highest BCUT2D eigenvalue weighted by atomic mass is 32.1. The predicted octanol–water partition coefficient (Wildman–Crippen LogP) is 4.12. The minimum absolute atomic E-state index is 0.491. The summed E-state index contributed by atoms with van der Waals surface area (Å²) in [7, 11) is 0. The van der Waals surface area contributed by atoms with Gasteiger partial charge in [-0.05, 0) is 85.5 Å². The summed E-state index contributed by atoms with van der Waals surface area (Å²) >= 11 is 1.88. The van der Waals surface area contributed by atoms with Gasteiger partial charge in [0.25, 0.3) is 0 Å². The first kappa shape index (κ1) is 14.2. The second kappa shape index (κ2) is 5.07. The van der Waals surface area contributed by atoms with Gasteiger partial charge in [-0.25, -0.2) is 0 Å². The molecule has 116 valence electrons. The highest BCUT2D eigenvalue weighted by Gasteiger charge is 2.57. The van der Waals surface area contributed by atoms with Gasteiger partial charge in [0.2, 0.25) is 0 Å². The minimum atomic E-state index is 0.491. The molecule has 0 saturated heterocycles. The largest absolute Gasteiger partial charge is 0.271 e. The summed E-state index contributed by atoms with van der Waals surface area (Å²) in [4.78, 5) is 1.51. The van der Waals surface area contributed by atoms with E-state index in [1.54, 1.807) is 0 Å². The minimum Gasteiger partial charge on any atom is -0.271 e. The number of nitrogens with one attached hydrogen (secondary N) is 1. The Kier molecular flexibility index (Phi) is 3.44. The molecule has 0 amide bonds. The van der Waals surface area contributed by atoms with E-state index >= 15 is 0 Å². The van der Waals surface area contributed by atoms with Gasteiger partial charge in [-0.15, -0.1) is 11.3 Å². The molecule has 4 aliphatic carbocycles. The van der Waals surface area contributed by atoms with Crippen molar-refractivity contribution in [3.63, 3.8) is 0 Å². The molecule has 21 heavy (non-hydrogen) atoms. The van der Waals surface area contributed by atoms with Gasteiger partial charge in [0.15, 0.2) is 0 Å². The first-order valence-electron chi connectivity index (χ1n) is 8.59. The van der Waals surface area contributed by atoms with E-state index in [0.29, 0.717) is 16.9 Å². The van der Waals surface area contributed by atoms with Gasteiger partial charge in [0.1, 0.15) is 0 Å². The summed E-state index contributed by atoms with van der Waals surface area (Å²) < 4.78 is 0. The molecule has 4 aliphatic rings. The van der Waals surface area contributed by atoms with Crippen LogP contribution >= 0.6 is 11.3 Å². The molecule has 2 nitrogen and oxygen atoms in total. The Morgan fingerprint density at radius 1 is 1.33 bits per heavy atom. The molecule has 5 rings (SSSR count). The zero-order valence-electron chi connectivity index (χ0n) is 13.1. The van der Waals surface area contributed by atoms with Crippen LogP contribution in [-0.4, -0.2) is 6.04 Å². The van der Waals surface area contributed by atoms with Crippen molar-refractivity contribution < 1.29 is 0 Å². The lowest BCUT2D eigenvalue weighted by atomic mass is 9.43. The van der Waals surface area contributed by atoms with Crippen LogP contribution in [0.4, 0.5) is 0 Å². The number of hydrogen-bond acceptors (Lipinski definition) is 3. The maximum atomic E-state index is 6.03. The van der Waals surface area contributed by atoms with Crippen LogP contribution in [-0.2, 0) is 6.42 Å². The summed E-state index contributed by atoms with van der Waals surface area (Å²) in [5.74, 6) is 7.99. The smallest absolute Gasteiger partial charge is 0.0270 e. The van der Waals surface area contributed by atoms with E-state index in [4.69, 9.17) is 5.84 Å². The molecule has 1 heterocycles. The van der Waals surface area contributed by atoms with Crippen LogP contribution in [0.5, 0.6) is 0 Å². The van der Waals surface area contributed by atoms with Crippen molar-refractivity contribution in [1.82, 2.24) is 5.43 Å². The Morgan fingerprint density at radius 2 is 2.10 bits per heavy atom. The number of hydrogen-bond donors (Lipinski definition) is 2. The first-order valence-corrected chi connectivity index (χ1v) is 9.47. The van der Waals surface area contributed by atoms with Crippen LogP contribution < -0.4 is 11.3 Å². The maximum absolute atomic E-state index is 6.03. The fourth-order valence-electron chi connectivity index (χ4n) is 6.51. The van der Waals surface area contributed by atoms with Gasteiger partial charge in [-0.1, -0.05) is 13.0 Å². The molecule has 1 aromatic rings. The molecule has 3 N–H and O–H groups in total. The van der Waals surface area contributed by atoms with E-state index in [2.05, 4.69) is 29.9 Å². The van der Waals surface area contributed by atoms with E-state index < -0.39 is 0 Å². The van der Waals surface area contributed by atoms with Gasteiger partial charge in [0, 0.05) is 10.9 Å². The van der Waals surface area contributed by atoms with Crippen LogP contribution in [0.2, 0.25) is 0 Å². The zero-order valence-corrected chi connectivity index (χ0v) is 13.9. The molecule has 0 radical (unpaired) electrons. The van der Waals surface area contributed by atoms with Crippen LogP contribution in [0.3, 0.4) is 0 Å². The van der Waals surface area contributed by atoms with Gasteiger partial charge in [-0.3, -0.25) is 11.3 Å². The lowest BCUT2D eigenvalue weighted by molar-refractivity contribution is -0.119. The number of hydrazine groups is 1. The second-order valence-electron chi connectivity index (χ2n) is 8.47. The van der Waals surface area contributed by atoms with Crippen molar-refractivity contribution in [3.8, 4) is 0 Å². The summed E-state index contributed by atoms with van der Waals surface area (Å²) in [5.41, 5.74) is 4.35. The lowest BCUT2D eigenvalue weighted by Crippen LogP contribution is -2.59. The molecular formula is C18H28N2S. The zero-order chi connectivity index (χ0) is 14.5. The Hall–Kier alpha value is -0.380. The Morgan fingerprint density at radius 3 is 2.67 bits per heavy atom. The highest BCUT2D eigenvalue weighted by Crippen LogP contribution is 2.66. The van der Waals surface area contributed by atoms with Crippen molar-refractivity contribution in [2.45, 2.75) is 64.3 Å². The second-order valence-corrected chi connectivity index (χ2v) is 9.50. The standard InChI is InChI=1S/C18H28N2S/c1-17-8-13-7-14(9-17)11-18(10-13,12-17)16(20-19)5-4-15-3-2-6-21-15/h2-3,6,13-14,16,20H,4-5,7-12,19H2,1H3. The molecule has 1 aromatic heterocycles. The van der Waals surface area contributed by atoms with Crippen molar-refractivity contribution in [3.05, 3.63) is 22.4 Å². The molecule has 0 spiro atoms. The number of aryl methyl sites for hydroxylation is 1. The summed E-state index contributed by atoms with van der Waals surface area (Å²) in [5, 5.41) is 2.19. The first-order chi connectivity index (χ1) is 10.1. The Balaban J connectivity index is 1.52. The molecule has 0 aliphatic heterocycles. The van der Waals surface area contributed by atoms with Crippen LogP contribution in [0.25, 0.3) is 0 Å². The lowest BCUT2D eigenvalue weighted by Gasteiger charge is -2.63. The fourth-order valence-corrected chi connectivity index (χ4v) is 7.24. The summed E-state index contributed by atoms with van der Waals surface area (Å²) in [6, 6.07) is 4.93. The third kappa shape index (κ3) is 2.47. The van der Waals surface area contributed by atoms with E-state index in [0.717, 1.165) is 11.8 Å². The van der Waals surface area contributed by atoms with E-state index in [1.807, 2.05) is 11.3 Å². The van der Waals surface area contributed by atoms with E-state index in [-0.39, 0.29) is 0 Å². The molecule has 4 fully saturated rings. The molecule has 3 heteroatoms. The van der Waals surface area contributed by atoms with Crippen LogP contribution in [0, 0.1) is 22.7 Å². The highest BCUT2D eigenvalue weighted by molar-refractivity contribution is 7.09. The van der Waals surface area contributed by atoms with E-state index in [1.165, 1.54) is 56.2 Å². The molecule has 4 saturated carbocycles. The Labute approximate surface area is 132 Å². The third-order valence-electron chi connectivity index (χ3n) is 6.60. The average Bonchev–Trinajstić information content (AvgIpc) is 2.89. The molecule has 3 atom stereocenters. The number of nitrogens with two attached hydrogens (primary N) is 1. The maximum Gasteiger partial charge on any atom is 0.0270 e. The monoisotopic (exact) mass is 304 g/mol. The average molecular weight is 305 g/mol. The summed E-state index contributed by atoms with van der Waals surface area (Å²) in [6.07, 6.45) is 11.1. The van der Waals surface area contributed by atoms with Gasteiger partial charge >= 0.3 is 0 Å². The quantitative estimate of drug-likeness (QED) is 0.634. The van der Waals surface area contributed by atoms with E-state index in [9.17, 15) is 0 Å².